The van der Waals surface area contributed by atoms with Gasteiger partial charge in [0.05, 0.1) is 29.7 Å². The van der Waals surface area contributed by atoms with Crippen molar-refractivity contribution in [3.8, 4) is 11.3 Å². The molecule has 2 aliphatic rings. The van der Waals surface area contributed by atoms with Gasteiger partial charge in [-0.15, -0.1) is 0 Å². The second-order valence-corrected chi connectivity index (χ2v) is 9.62. The van der Waals surface area contributed by atoms with E-state index in [9.17, 15) is 4.39 Å². The fraction of sp³-hybridized carbons (Fsp3) is 0.400. The first kappa shape index (κ1) is 21.6. The van der Waals surface area contributed by atoms with E-state index < -0.39 is 5.82 Å². The van der Waals surface area contributed by atoms with Crippen molar-refractivity contribution in [3.05, 3.63) is 64.2 Å². The maximum Gasteiger partial charge on any atom is 0.182 e. The molecule has 1 aromatic carbocycles. The highest BCUT2D eigenvalue weighted by atomic mass is 35.5. The molecule has 0 unspecified atom stereocenters. The van der Waals surface area contributed by atoms with Crippen molar-refractivity contribution in [1.82, 2.24) is 29.7 Å². The Morgan fingerprint density at radius 2 is 1.88 bits per heavy atom. The first-order chi connectivity index (χ1) is 16.5. The van der Waals surface area contributed by atoms with E-state index in [-0.39, 0.29) is 12.0 Å². The summed E-state index contributed by atoms with van der Waals surface area (Å²) in [5.74, 6) is 0.234. The third-order valence-electron chi connectivity index (χ3n) is 6.71. The van der Waals surface area contributed by atoms with Crippen LogP contribution >= 0.6 is 11.6 Å². The van der Waals surface area contributed by atoms with E-state index in [4.69, 9.17) is 26.3 Å². The summed E-state index contributed by atoms with van der Waals surface area (Å²) >= 11 is 6.00. The van der Waals surface area contributed by atoms with Crippen LogP contribution in [0.3, 0.4) is 0 Å². The quantitative estimate of drug-likeness (QED) is 0.376. The topological polar surface area (TPSA) is 78.6 Å². The molecule has 0 radical (unpaired) electrons. The van der Waals surface area contributed by atoms with Crippen molar-refractivity contribution in [3.63, 3.8) is 0 Å². The molecule has 3 aromatic heterocycles. The second kappa shape index (κ2) is 8.36. The van der Waals surface area contributed by atoms with Gasteiger partial charge in [-0.2, -0.15) is 5.10 Å². The number of nitrogens with zero attached hydrogens (tertiary/aromatic N) is 6. The van der Waals surface area contributed by atoms with Crippen LogP contribution in [0.4, 0.5) is 4.39 Å². The second-order valence-electron chi connectivity index (χ2n) is 9.19. The van der Waals surface area contributed by atoms with Gasteiger partial charge in [0.2, 0.25) is 0 Å². The summed E-state index contributed by atoms with van der Waals surface area (Å²) in [5.41, 5.74) is 4.37. The number of hydrogen-bond donors (Lipinski definition) is 0. The number of aryl methyl sites for hydroxylation is 2. The Morgan fingerprint density at radius 1 is 1.06 bits per heavy atom. The van der Waals surface area contributed by atoms with Crippen LogP contribution in [0, 0.1) is 19.7 Å². The lowest BCUT2D eigenvalue weighted by molar-refractivity contribution is 0.00396. The van der Waals surface area contributed by atoms with Gasteiger partial charge in [0.1, 0.15) is 22.9 Å². The highest BCUT2D eigenvalue weighted by molar-refractivity contribution is 6.30. The molecule has 9 heteroatoms. The monoisotopic (exact) mass is 478 g/mol. The van der Waals surface area contributed by atoms with Crippen LogP contribution in [0.5, 0.6) is 0 Å². The van der Waals surface area contributed by atoms with Crippen molar-refractivity contribution in [2.45, 2.75) is 57.6 Å². The molecule has 7 nitrogen and oxygen atoms in total. The van der Waals surface area contributed by atoms with Gasteiger partial charge < -0.3 is 4.74 Å². The summed E-state index contributed by atoms with van der Waals surface area (Å²) in [6, 6.07) is 5.11. The zero-order valence-corrected chi connectivity index (χ0v) is 19.8. The van der Waals surface area contributed by atoms with Crippen molar-refractivity contribution >= 4 is 22.8 Å². The predicted octanol–water partition coefficient (Wildman–Crippen LogP) is 5.66. The first-order valence-corrected chi connectivity index (χ1v) is 12.0. The number of halogens is 2. The van der Waals surface area contributed by atoms with Crippen LogP contribution in [0.15, 0.2) is 30.6 Å². The third-order valence-corrected chi connectivity index (χ3v) is 6.94. The van der Waals surface area contributed by atoms with Gasteiger partial charge in [0.25, 0.3) is 0 Å². The lowest BCUT2D eigenvalue weighted by Crippen LogP contribution is -2.20. The molecule has 2 fully saturated rings. The lowest BCUT2D eigenvalue weighted by Gasteiger charge is -2.28. The van der Waals surface area contributed by atoms with E-state index in [1.165, 1.54) is 18.9 Å². The zero-order chi connectivity index (χ0) is 23.4. The number of rotatable bonds is 4. The normalized spacial score (nSPS) is 20.7. The minimum atomic E-state index is -0.448. The summed E-state index contributed by atoms with van der Waals surface area (Å²) < 4.78 is 23.1. The molecule has 1 saturated heterocycles. The van der Waals surface area contributed by atoms with Gasteiger partial charge in [-0.05, 0) is 57.7 Å². The number of ether oxygens (including phenoxy) is 1. The average Bonchev–Trinajstić information content (AvgIpc) is 3.56. The van der Waals surface area contributed by atoms with Crippen LogP contribution in [0.2, 0.25) is 5.02 Å². The largest absolute Gasteiger partial charge is 0.373 e. The predicted molar refractivity (Wildman–Crippen MR) is 126 cm³/mol. The van der Waals surface area contributed by atoms with Gasteiger partial charge in [-0.1, -0.05) is 11.6 Å². The minimum absolute atomic E-state index is 0.0462. The number of aromatic nitrogens is 6. The van der Waals surface area contributed by atoms with Gasteiger partial charge in [0.15, 0.2) is 5.65 Å². The van der Waals surface area contributed by atoms with E-state index in [1.807, 2.05) is 24.7 Å². The lowest BCUT2D eigenvalue weighted by atomic mass is 9.92. The number of hydrogen-bond acceptors (Lipinski definition) is 6. The zero-order valence-electron chi connectivity index (χ0n) is 19.0. The molecule has 174 valence electrons. The fourth-order valence-electron chi connectivity index (χ4n) is 4.50. The molecule has 1 aliphatic heterocycles. The van der Waals surface area contributed by atoms with Crippen LogP contribution < -0.4 is 0 Å². The highest BCUT2D eigenvalue weighted by Crippen LogP contribution is 2.40. The molecule has 34 heavy (non-hydrogen) atoms. The Kier molecular flexibility index (Phi) is 5.30. The third kappa shape index (κ3) is 3.95. The van der Waals surface area contributed by atoms with E-state index in [2.05, 4.69) is 21.3 Å². The Morgan fingerprint density at radius 3 is 2.68 bits per heavy atom. The van der Waals surface area contributed by atoms with Crippen LogP contribution in [-0.4, -0.2) is 36.3 Å². The summed E-state index contributed by atoms with van der Waals surface area (Å²) in [4.78, 5) is 19.0. The molecule has 1 aliphatic carbocycles. The Balaban J connectivity index is 1.41. The molecule has 0 spiro atoms. The van der Waals surface area contributed by atoms with Crippen LogP contribution in [0.1, 0.15) is 66.5 Å². The van der Waals surface area contributed by atoms with Crippen molar-refractivity contribution in [1.29, 1.82) is 0 Å². The van der Waals surface area contributed by atoms with Crippen molar-refractivity contribution in [2.75, 3.05) is 6.61 Å². The molecule has 4 aromatic rings. The fourth-order valence-corrected chi connectivity index (χ4v) is 4.66. The highest BCUT2D eigenvalue weighted by Gasteiger charge is 2.31. The average molecular weight is 479 g/mol. The van der Waals surface area contributed by atoms with Gasteiger partial charge in [-0.25, -0.2) is 24.3 Å². The SMILES string of the molecule is Cc1nc2nc([C@H]3CCO[C@H](c4cnn(C5CC5)c4)C3)nc(-c3ccc(Cl)cc3F)c2nc1C. The Labute approximate surface area is 201 Å². The van der Waals surface area contributed by atoms with Gasteiger partial charge >= 0.3 is 0 Å². The number of benzene rings is 1. The summed E-state index contributed by atoms with van der Waals surface area (Å²) in [6.07, 6.45) is 7.79. The maximum atomic E-state index is 15.0. The standard InChI is InChI=1S/C25H24ClFN6O/c1-13-14(2)30-25-23(29-13)22(19-6-3-17(26)10-20(19)27)31-24(32-25)15-7-8-34-21(9-15)16-11-28-33(12-16)18-4-5-18/h3,6,10-12,15,18,21H,4-5,7-9H2,1-2H3/t15-,21-/m0/s1. The molecular weight excluding hydrogens is 455 g/mol. The van der Waals surface area contributed by atoms with E-state index >= 15 is 0 Å². The maximum absolute atomic E-state index is 15.0. The molecule has 0 N–H and O–H groups in total. The molecule has 4 heterocycles. The van der Waals surface area contributed by atoms with E-state index in [1.54, 1.807) is 12.1 Å². The number of fused-ring (bicyclic) bond motifs is 1. The van der Waals surface area contributed by atoms with Crippen molar-refractivity contribution < 1.29 is 9.13 Å². The minimum Gasteiger partial charge on any atom is -0.373 e. The Bertz CT molecular complexity index is 1400. The molecule has 1 saturated carbocycles. The summed E-state index contributed by atoms with van der Waals surface area (Å²) in [7, 11) is 0. The summed E-state index contributed by atoms with van der Waals surface area (Å²) in [5, 5.41) is 4.85. The summed E-state index contributed by atoms with van der Waals surface area (Å²) in [6.45, 7) is 4.37. The van der Waals surface area contributed by atoms with Crippen molar-refractivity contribution in [2.24, 2.45) is 0 Å². The Hall–Kier alpha value is -2.97. The van der Waals surface area contributed by atoms with E-state index in [0.717, 1.165) is 29.8 Å². The van der Waals surface area contributed by atoms with Crippen LogP contribution in [-0.2, 0) is 4.74 Å². The molecule has 2 atom stereocenters. The van der Waals surface area contributed by atoms with Crippen LogP contribution in [0.25, 0.3) is 22.4 Å². The first-order valence-electron chi connectivity index (χ1n) is 11.6. The molecule has 0 amide bonds. The van der Waals surface area contributed by atoms with Gasteiger partial charge in [0, 0.05) is 34.9 Å². The molecular formula is C25H24ClFN6O. The molecule has 6 rings (SSSR count). The van der Waals surface area contributed by atoms with E-state index in [0.29, 0.717) is 45.9 Å². The van der Waals surface area contributed by atoms with Gasteiger partial charge in [-0.3, -0.25) is 4.68 Å². The molecule has 0 bridgehead atoms. The smallest absolute Gasteiger partial charge is 0.182 e.